The predicted octanol–water partition coefficient (Wildman–Crippen LogP) is -2.29. The van der Waals surface area contributed by atoms with Gasteiger partial charge in [-0.2, -0.15) is 0 Å². The average Bonchev–Trinajstić information content (AvgIpc) is 2.98. The van der Waals surface area contributed by atoms with E-state index in [4.69, 9.17) is 19.9 Å². The molecule has 0 unspecified atom stereocenters. The molecule has 0 saturated carbocycles. The standard InChI is InChI=1S/C13H16N3O3.ClH/c1-15-2-3-16(8-15)4-5-17-11-7-13-12(6-10(11)14)18-9-19-13;/h2-3,6-8H,4-5,9,14H2,1H3;1H/q+1;/p-1. The highest BCUT2D eigenvalue weighted by atomic mass is 35.5. The minimum atomic E-state index is 0. The molecule has 2 heterocycles. The van der Waals surface area contributed by atoms with Crippen LogP contribution >= 0.6 is 0 Å². The van der Waals surface area contributed by atoms with Gasteiger partial charge >= 0.3 is 0 Å². The Kier molecular flexibility index (Phi) is 4.24. The van der Waals surface area contributed by atoms with E-state index in [1.54, 1.807) is 12.1 Å². The molecule has 108 valence electrons. The molecule has 1 aliphatic heterocycles. The van der Waals surface area contributed by atoms with Gasteiger partial charge in [-0.1, -0.05) is 0 Å². The van der Waals surface area contributed by atoms with Crippen LogP contribution in [0.5, 0.6) is 17.2 Å². The van der Waals surface area contributed by atoms with Crippen LogP contribution in [0.4, 0.5) is 5.69 Å². The number of hydrogen-bond acceptors (Lipinski definition) is 4. The second-order valence-electron chi connectivity index (χ2n) is 4.41. The Morgan fingerprint density at radius 2 is 2.10 bits per heavy atom. The maximum atomic E-state index is 5.91. The van der Waals surface area contributed by atoms with Gasteiger partial charge < -0.3 is 32.4 Å². The average molecular weight is 298 g/mol. The van der Waals surface area contributed by atoms with Crippen LogP contribution in [-0.2, 0) is 13.6 Å². The highest BCUT2D eigenvalue weighted by molar-refractivity contribution is 5.62. The van der Waals surface area contributed by atoms with Crippen LogP contribution in [0.1, 0.15) is 0 Å². The Balaban J connectivity index is 0.00000147. The zero-order chi connectivity index (χ0) is 13.2. The van der Waals surface area contributed by atoms with E-state index in [-0.39, 0.29) is 19.2 Å². The van der Waals surface area contributed by atoms with Crippen molar-refractivity contribution in [3.8, 4) is 17.2 Å². The summed E-state index contributed by atoms with van der Waals surface area (Å²) in [6.45, 7) is 1.53. The van der Waals surface area contributed by atoms with Crippen molar-refractivity contribution in [3.05, 3.63) is 30.9 Å². The lowest BCUT2D eigenvalue weighted by molar-refractivity contribution is -0.697. The van der Waals surface area contributed by atoms with Gasteiger partial charge in [0.15, 0.2) is 11.5 Å². The van der Waals surface area contributed by atoms with Gasteiger partial charge in [0.25, 0.3) is 0 Å². The highest BCUT2D eigenvalue weighted by Gasteiger charge is 2.16. The fourth-order valence-corrected chi connectivity index (χ4v) is 1.96. The van der Waals surface area contributed by atoms with Crippen LogP contribution in [0.3, 0.4) is 0 Å². The molecule has 1 aliphatic rings. The fourth-order valence-electron chi connectivity index (χ4n) is 1.96. The van der Waals surface area contributed by atoms with Crippen LogP contribution in [-0.4, -0.2) is 18.0 Å². The Morgan fingerprint density at radius 1 is 1.35 bits per heavy atom. The Morgan fingerprint density at radius 3 is 2.80 bits per heavy atom. The lowest BCUT2D eigenvalue weighted by atomic mass is 10.2. The molecule has 0 saturated heterocycles. The monoisotopic (exact) mass is 297 g/mol. The Labute approximate surface area is 123 Å². The number of imidazole rings is 1. The molecule has 0 atom stereocenters. The number of rotatable bonds is 4. The van der Waals surface area contributed by atoms with E-state index >= 15 is 0 Å². The van der Waals surface area contributed by atoms with Crippen LogP contribution in [0, 0.1) is 0 Å². The molecule has 7 heteroatoms. The number of benzene rings is 1. The van der Waals surface area contributed by atoms with Crippen molar-refractivity contribution in [2.45, 2.75) is 6.54 Å². The third-order valence-electron chi connectivity index (χ3n) is 2.94. The van der Waals surface area contributed by atoms with E-state index in [0.29, 0.717) is 29.5 Å². The summed E-state index contributed by atoms with van der Waals surface area (Å²) < 4.78 is 20.3. The van der Waals surface area contributed by atoms with E-state index in [9.17, 15) is 0 Å². The second-order valence-corrected chi connectivity index (χ2v) is 4.41. The first-order valence-corrected chi connectivity index (χ1v) is 6.05. The van der Waals surface area contributed by atoms with E-state index < -0.39 is 0 Å². The minimum absolute atomic E-state index is 0. The molecule has 0 bridgehead atoms. The molecule has 0 spiro atoms. The molecule has 0 radical (unpaired) electrons. The summed E-state index contributed by atoms with van der Waals surface area (Å²) in [6.07, 6.45) is 5.97. The van der Waals surface area contributed by atoms with Crippen molar-refractivity contribution >= 4 is 5.69 Å². The molecule has 6 nitrogen and oxygen atoms in total. The topological polar surface area (TPSA) is 62.5 Å². The molecule has 0 aliphatic carbocycles. The number of aryl methyl sites for hydroxylation is 1. The van der Waals surface area contributed by atoms with Gasteiger partial charge in [-0.15, -0.1) is 0 Å². The number of nitrogens with two attached hydrogens (primary N) is 1. The maximum absolute atomic E-state index is 5.91. The van der Waals surface area contributed by atoms with Crippen molar-refractivity contribution in [3.63, 3.8) is 0 Å². The zero-order valence-electron chi connectivity index (χ0n) is 11.1. The first-order chi connectivity index (χ1) is 9.22. The van der Waals surface area contributed by atoms with Gasteiger partial charge in [0, 0.05) is 12.1 Å². The summed E-state index contributed by atoms with van der Waals surface area (Å²) in [5.41, 5.74) is 6.46. The minimum Gasteiger partial charge on any atom is -1.00 e. The fraction of sp³-hybridized carbons (Fsp3) is 0.308. The van der Waals surface area contributed by atoms with Crippen molar-refractivity contribution < 1.29 is 31.2 Å². The third kappa shape index (κ3) is 2.91. The van der Waals surface area contributed by atoms with Gasteiger partial charge in [0.05, 0.1) is 12.7 Å². The molecular formula is C13H16ClN3O3. The van der Waals surface area contributed by atoms with Gasteiger partial charge in [0.2, 0.25) is 13.1 Å². The predicted molar refractivity (Wildman–Crippen MR) is 68.1 cm³/mol. The number of nitrogens with zero attached hydrogens (tertiary/aromatic N) is 2. The highest BCUT2D eigenvalue weighted by Crippen LogP contribution is 2.39. The smallest absolute Gasteiger partial charge is 0.243 e. The number of aromatic nitrogens is 2. The van der Waals surface area contributed by atoms with Crippen LogP contribution in [0.25, 0.3) is 0 Å². The van der Waals surface area contributed by atoms with Crippen molar-refractivity contribution in [2.75, 3.05) is 19.1 Å². The number of hydrogen-bond donors (Lipinski definition) is 1. The summed E-state index contributed by atoms with van der Waals surface area (Å²) in [7, 11) is 1.98. The van der Waals surface area contributed by atoms with E-state index in [0.717, 1.165) is 6.54 Å². The molecule has 0 fully saturated rings. The lowest BCUT2D eigenvalue weighted by Crippen LogP contribution is -3.00. The molecule has 1 aromatic heterocycles. The van der Waals surface area contributed by atoms with E-state index in [2.05, 4.69) is 0 Å². The second kappa shape index (κ2) is 5.92. The van der Waals surface area contributed by atoms with Gasteiger partial charge in [-0.25, -0.2) is 9.13 Å². The van der Waals surface area contributed by atoms with Gasteiger partial charge in [-0.05, 0) is 0 Å². The zero-order valence-corrected chi connectivity index (χ0v) is 11.8. The number of halogens is 1. The Hall–Kier alpha value is -2.08. The van der Waals surface area contributed by atoms with Crippen molar-refractivity contribution in [2.24, 2.45) is 7.05 Å². The number of nitrogen functional groups attached to an aromatic ring is 1. The summed E-state index contributed by atoms with van der Waals surface area (Å²) in [5.74, 6) is 1.97. The van der Waals surface area contributed by atoms with Crippen LogP contribution in [0.2, 0.25) is 0 Å². The number of ether oxygens (including phenoxy) is 3. The SMILES string of the molecule is Cn1cc[n+](CCOc2cc3c(cc2N)OCO3)c1.[Cl-]. The quantitative estimate of drug-likeness (QED) is 0.510. The largest absolute Gasteiger partial charge is 1.00 e. The molecular weight excluding hydrogens is 282 g/mol. The van der Waals surface area contributed by atoms with Crippen LogP contribution < -0.4 is 36.9 Å². The normalized spacial score (nSPS) is 12.1. The third-order valence-corrected chi connectivity index (χ3v) is 2.94. The number of fused-ring (bicyclic) bond motifs is 1. The summed E-state index contributed by atoms with van der Waals surface area (Å²) in [5, 5.41) is 0. The van der Waals surface area contributed by atoms with Crippen molar-refractivity contribution in [1.29, 1.82) is 0 Å². The molecule has 2 aromatic rings. The summed E-state index contributed by atoms with van der Waals surface area (Å²) >= 11 is 0. The molecule has 0 amide bonds. The molecule has 20 heavy (non-hydrogen) atoms. The van der Waals surface area contributed by atoms with Crippen LogP contribution in [0.15, 0.2) is 30.9 Å². The van der Waals surface area contributed by atoms with Crippen molar-refractivity contribution in [1.82, 2.24) is 4.57 Å². The van der Waals surface area contributed by atoms with E-state index in [1.807, 2.05) is 34.9 Å². The van der Waals surface area contributed by atoms with Gasteiger partial charge in [0.1, 0.15) is 31.3 Å². The first-order valence-electron chi connectivity index (χ1n) is 6.05. The van der Waals surface area contributed by atoms with E-state index in [1.165, 1.54) is 0 Å². The summed E-state index contributed by atoms with van der Waals surface area (Å²) in [6, 6.07) is 3.50. The molecule has 2 N–H and O–H groups in total. The molecule has 1 aromatic carbocycles. The summed E-state index contributed by atoms with van der Waals surface area (Å²) in [4.78, 5) is 0. The van der Waals surface area contributed by atoms with Gasteiger partial charge in [-0.3, -0.25) is 0 Å². The lowest BCUT2D eigenvalue weighted by Gasteiger charge is -2.08. The first kappa shape index (κ1) is 14.3. The number of anilines is 1. The maximum Gasteiger partial charge on any atom is 0.243 e. The molecule has 3 rings (SSSR count). The Bertz CT molecular complexity index is 601.